The number of aromatic nitrogens is 8. The number of Topliss-reactive ketones (excluding diaryl/α,β-unsaturated/α-hetero) is 2. The third-order valence-corrected chi connectivity index (χ3v) is 31.5. The molecule has 4 N–H and O–H groups in total. The van der Waals surface area contributed by atoms with Crippen molar-refractivity contribution in [2.75, 3.05) is 182 Å². The van der Waals surface area contributed by atoms with Gasteiger partial charge in [0.1, 0.15) is 58.5 Å². The Kier molecular flexibility index (Phi) is 30.0. The first-order valence-corrected chi connectivity index (χ1v) is 51.1. The normalized spacial score (nSPS) is 21.1. The number of amides is 9. The van der Waals surface area contributed by atoms with Crippen LogP contribution in [0.25, 0.3) is 22.1 Å². The molecular formula is C105H122ClF3N24O13. The molecule has 11 aliphatic heterocycles. The standard InChI is InChI=1S/2C44H51FN10O5.C17H19FN4O3.ClH/c2*1-27-34-25-47-38(48-41(34)55(31-5-3-4-6-31)44(60)40(27)28(2)56)22-30-7-8-32(24-46-30)52-17-13-50(14-18-52)11-12-51-15-19-53(20-16-51)37-21-29-26-54(43(59)33(29)23-35(37)45)36-9-10-39(57)49-42(36)58;18-12-8-11-10(7-14(12)21-5-3-19-4-6-21)9-22(17(11)25)13-1-2-15(23)20-16(13)24;/h2*7-8,21,23-25,31,36H,3-6,9-20,22,26H2,1-2H3,(H,49,57,58);7-8,13,19H,1-6,9H2,(H,20,23,24);1H. The molecule has 13 aliphatic rings. The van der Waals surface area contributed by atoms with Crippen molar-refractivity contribution in [3.63, 3.8) is 0 Å². The number of nitrogens with one attached hydrogen (secondary N) is 4. The number of imide groups is 3. The topological polar surface area (TPSA) is 396 Å². The van der Waals surface area contributed by atoms with Crippen molar-refractivity contribution in [2.45, 2.75) is 180 Å². The highest BCUT2D eigenvalue weighted by molar-refractivity contribution is 6.09. The summed E-state index contributed by atoms with van der Waals surface area (Å²) in [6.45, 7) is 27.2. The fourth-order valence-corrected chi connectivity index (χ4v) is 23.3. The molecule has 9 aromatic rings. The molecule has 41 heteroatoms. The summed E-state index contributed by atoms with van der Waals surface area (Å²) >= 11 is 0. The number of hydrogen-bond donors (Lipinski definition) is 4. The number of piperidine rings is 3. The minimum Gasteiger partial charge on any atom is -0.368 e. The van der Waals surface area contributed by atoms with E-state index < -0.39 is 53.3 Å². The van der Waals surface area contributed by atoms with Gasteiger partial charge < -0.3 is 44.5 Å². The number of pyridine rings is 4. The number of piperazine rings is 5. The third-order valence-electron chi connectivity index (χ3n) is 31.5. The molecule has 8 saturated heterocycles. The van der Waals surface area contributed by atoms with Crippen LogP contribution in [0.4, 0.5) is 41.6 Å². The number of carbonyl (C=O) groups excluding carboxylic acids is 11. The lowest BCUT2D eigenvalue weighted by molar-refractivity contribution is -0.138. The number of halogens is 4. The Balaban J connectivity index is 0.000000149. The molecule has 3 unspecified atom stereocenters. The summed E-state index contributed by atoms with van der Waals surface area (Å²) in [5.74, 6) is -4.07. The van der Waals surface area contributed by atoms with Crippen LogP contribution < -0.4 is 56.9 Å². The number of fused-ring (bicyclic) bond motifs is 5. The smallest absolute Gasteiger partial charge is 0.263 e. The van der Waals surface area contributed by atoms with E-state index in [4.69, 9.17) is 19.9 Å². The van der Waals surface area contributed by atoms with Gasteiger partial charge in [-0.15, -0.1) is 12.4 Å². The zero-order valence-corrected chi connectivity index (χ0v) is 83.5. The molecule has 22 rings (SSSR count). The van der Waals surface area contributed by atoms with E-state index in [0.717, 1.165) is 208 Å². The number of hydrogen-bond acceptors (Lipinski definition) is 29. The molecular weight excluding hydrogens is 1900 g/mol. The predicted molar refractivity (Wildman–Crippen MR) is 540 cm³/mol. The van der Waals surface area contributed by atoms with Crippen molar-refractivity contribution in [3.8, 4) is 0 Å². The maximum Gasteiger partial charge on any atom is 0.263 e. The second kappa shape index (κ2) is 43.3. The number of aryl methyl sites for hydroxylation is 2. The third kappa shape index (κ3) is 20.9. The minimum atomic E-state index is -0.727. The number of benzene rings is 3. The van der Waals surface area contributed by atoms with Crippen LogP contribution in [-0.4, -0.2) is 313 Å². The van der Waals surface area contributed by atoms with Crippen LogP contribution in [0.2, 0.25) is 0 Å². The van der Waals surface area contributed by atoms with Crippen molar-refractivity contribution >= 4 is 128 Å². The maximum atomic E-state index is 15.4. The Morgan fingerprint density at radius 1 is 0.377 bits per heavy atom. The first-order chi connectivity index (χ1) is 70.1. The molecule has 10 fully saturated rings. The molecule has 3 atom stereocenters. The highest BCUT2D eigenvalue weighted by Gasteiger charge is 2.45. The number of nitrogens with zero attached hydrogens (tertiary/aromatic N) is 20. The van der Waals surface area contributed by atoms with Crippen LogP contribution in [0.1, 0.15) is 218 Å². The van der Waals surface area contributed by atoms with Gasteiger partial charge in [-0.3, -0.25) is 117 Å². The summed E-state index contributed by atoms with van der Waals surface area (Å²) in [5, 5.41) is 11.6. The number of rotatable bonds is 22. The highest BCUT2D eigenvalue weighted by atomic mass is 35.5. The largest absolute Gasteiger partial charge is 0.368 e. The summed E-state index contributed by atoms with van der Waals surface area (Å²) in [5.41, 5.74) is 10.8. The second-order valence-electron chi connectivity index (χ2n) is 40.4. The van der Waals surface area contributed by atoms with E-state index in [1.165, 1.54) is 46.7 Å². The predicted octanol–water partition coefficient (Wildman–Crippen LogP) is 6.91. The summed E-state index contributed by atoms with van der Waals surface area (Å²) < 4.78 is 48.9. The van der Waals surface area contributed by atoms with Crippen LogP contribution in [0, 0.1) is 31.3 Å². The van der Waals surface area contributed by atoms with Crippen LogP contribution in [0.5, 0.6) is 0 Å². The van der Waals surface area contributed by atoms with Gasteiger partial charge in [0.05, 0.1) is 64.8 Å². The fourth-order valence-electron chi connectivity index (χ4n) is 23.3. The molecule has 2 saturated carbocycles. The van der Waals surface area contributed by atoms with Gasteiger partial charge in [-0.25, -0.2) is 33.1 Å². The highest BCUT2D eigenvalue weighted by Crippen LogP contribution is 2.40. The quantitative estimate of drug-likeness (QED) is 0.0395. The van der Waals surface area contributed by atoms with Crippen LogP contribution >= 0.6 is 12.4 Å². The summed E-state index contributed by atoms with van der Waals surface area (Å²) in [6.07, 6.45) is 17.4. The molecule has 0 spiro atoms. The molecule has 17 heterocycles. The molecule has 9 amide bonds. The van der Waals surface area contributed by atoms with E-state index in [2.05, 4.69) is 72.8 Å². The first-order valence-electron chi connectivity index (χ1n) is 51.1. The maximum absolute atomic E-state index is 15.4. The molecule has 3 aromatic carbocycles. The average molecular weight is 2020 g/mol. The van der Waals surface area contributed by atoms with Crippen molar-refractivity contribution in [3.05, 3.63) is 202 Å². The lowest BCUT2D eigenvalue weighted by Crippen LogP contribution is -2.52. The molecule has 146 heavy (non-hydrogen) atoms. The monoisotopic (exact) mass is 2020 g/mol. The Morgan fingerprint density at radius 2 is 0.685 bits per heavy atom. The first kappa shape index (κ1) is 101. The van der Waals surface area contributed by atoms with Crippen LogP contribution in [0.15, 0.2) is 95.0 Å². The van der Waals surface area contributed by atoms with E-state index in [1.54, 1.807) is 39.7 Å². The van der Waals surface area contributed by atoms with Gasteiger partial charge in [0, 0.05) is 259 Å². The Bertz CT molecular complexity index is 6450. The molecule has 768 valence electrons. The van der Waals surface area contributed by atoms with Crippen molar-refractivity contribution < 1.29 is 65.9 Å². The second-order valence-corrected chi connectivity index (χ2v) is 40.4. The van der Waals surface area contributed by atoms with E-state index in [0.29, 0.717) is 126 Å². The van der Waals surface area contributed by atoms with Crippen LogP contribution in [-0.2, 0) is 61.2 Å². The molecule has 37 nitrogen and oxygen atoms in total. The minimum absolute atomic E-state index is 0. The molecule has 2 aliphatic carbocycles. The van der Waals surface area contributed by atoms with Gasteiger partial charge in [0.15, 0.2) is 11.6 Å². The molecule has 0 bridgehead atoms. The number of ketones is 2. The Labute approximate surface area is 847 Å². The van der Waals surface area contributed by atoms with Crippen molar-refractivity contribution in [2.24, 2.45) is 0 Å². The average Bonchev–Trinajstić information content (AvgIpc) is 1.02. The fraction of sp³-hybridized carbons (Fsp3) is 0.495. The Hall–Kier alpha value is -13.4. The van der Waals surface area contributed by atoms with Gasteiger partial charge in [0.2, 0.25) is 35.4 Å². The van der Waals surface area contributed by atoms with Crippen molar-refractivity contribution in [1.82, 2.24) is 94.6 Å². The van der Waals surface area contributed by atoms with E-state index in [1.807, 2.05) is 53.1 Å². The zero-order chi connectivity index (χ0) is 101. The van der Waals surface area contributed by atoms with Gasteiger partial charge >= 0.3 is 0 Å². The molecule has 6 aromatic heterocycles. The zero-order valence-electron chi connectivity index (χ0n) is 82.7. The van der Waals surface area contributed by atoms with E-state index in [-0.39, 0.29) is 157 Å². The van der Waals surface area contributed by atoms with Gasteiger partial charge in [-0.05, 0) is 161 Å². The summed E-state index contributed by atoms with van der Waals surface area (Å²) in [6, 6.07) is 15.3. The lowest BCUT2D eigenvalue weighted by Gasteiger charge is -2.39. The van der Waals surface area contributed by atoms with Crippen molar-refractivity contribution in [1.29, 1.82) is 0 Å². The number of carbonyl (C=O) groups is 11. The Morgan fingerprint density at radius 3 is 0.979 bits per heavy atom. The number of anilines is 5. The van der Waals surface area contributed by atoms with E-state index in [9.17, 15) is 66.7 Å². The molecule has 0 radical (unpaired) electrons. The lowest BCUT2D eigenvalue weighted by atomic mass is 10.0. The SMILES string of the molecule is CC(=O)c1c(C)c2cnc(Cc3ccc(N4CCN(CCN5CCN(c6cc7c(cc6F)C(=O)N(C6CCC(=O)NC6=O)C7)CC5)CC4)cn3)nc2n(C2CCCC2)c1=O.CC(=O)c1c(C)c2cnc(Cc3ccc(N4CCN(CCN5CCN(c6cc7c(cc6F)C(=O)N(C6CCC(=O)NC6=O)C7)CC5)CC4)cn3)nc2n(C2CCCC2)c1=O.Cl.O=C1CCC(N2Cc3cc(N4CCNCC4)c(F)cc3C2=O)C(=O)N1. The summed E-state index contributed by atoms with van der Waals surface area (Å²) in [7, 11) is 0. The summed E-state index contributed by atoms with van der Waals surface area (Å²) in [4.78, 5) is 216. The van der Waals surface area contributed by atoms with E-state index >= 15 is 8.78 Å². The van der Waals surface area contributed by atoms with Gasteiger partial charge in [0.25, 0.3) is 28.8 Å². The van der Waals surface area contributed by atoms with Crippen LogP contribution in [0.3, 0.4) is 0 Å². The van der Waals surface area contributed by atoms with Gasteiger partial charge in [-0.2, -0.15) is 0 Å². The van der Waals surface area contributed by atoms with Gasteiger partial charge in [-0.1, -0.05) is 25.7 Å².